The number of halogens is 1. The summed E-state index contributed by atoms with van der Waals surface area (Å²) in [5.74, 6) is 0.244. The van der Waals surface area contributed by atoms with Crippen LogP contribution in [0.5, 0.6) is 5.75 Å². The number of aromatic nitrogens is 2. The van der Waals surface area contributed by atoms with Crippen LogP contribution in [0.15, 0.2) is 54.6 Å². The van der Waals surface area contributed by atoms with E-state index in [9.17, 15) is 9.59 Å². The third kappa shape index (κ3) is 7.06. The zero-order chi connectivity index (χ0) is 25.9. The number of hydrogen-bond acceptors (Lipinski definition) is 6. The minimum absolute atomic E-state index is 0.0222. The summed E-state index contributed by atoms with van der Waals surface area (Å²) < 4.78 is 7.60. The third-order valence-electron chi connectivity index (χ3n) is 5.22. The zero-order valence-corrected chi connectivity index (χ0v) is 20.6. The average Bonchev–Trinajstić information content (AvgIpc) is 3.51. The summed E-state index contributed by atoms with van der Waals surface area (Å²) in [6.45, 7) is 4.46. The number of rotatable bonds is 9. The Bertz CT molecular complexity index is 1200. The van der Waals surface area contributed by atoms with E-state index in [1.54, 1.807) is 22.9 Å². The Morgan fingerprint density at radius 1 is 1.25 bits per heavy atom. The second kappa shape index (κ2) is 13.3. The largest absolute Gasteiger partial charge is 0.494 e. The standard InChI is InChI=1S/C24H26ClN5O3.CH2O2/c1-2-26-10-5-11-33-20-9-3-6-17(12-20)22-14-21(24(32)29-15-23(31)27-16-29)28-30(22)19-8-4-7-18(25)13-19;2-1-3/h3-4,6-9,12-14,26H,2,5,10-11,15-16H2,1H3,(H,27,31);1H,(H,2,3). The molecule has 1 fully saturated rings. The first kappa shape index (κ1) is 26.7. The molecular formula is C25H28ClN5O5. The predicted molar refractivity (Wildman–Crippen MR) is 135 cm³/mol. The topological polar surface area (TPSA) is 126 Å². The van der Waals surface area contributed by atoms with E-state index < -0.39 is 0 Å². The van der Waals surface area contributed by atoms with Gasteiger partial charge >= 0.3 is 0 Å². The summed E-state index contributed by atoms with van der Waals surface area (Å²) in [5, 5.41) is 17.9. The van der Waals surface area contributed by atoms with Crippen LogP contribution in [0.2, 0.25) is 5.02 Å². The molecular weight excluding hydrogens is 486 g/mol. The van der Waals surface area contributed by atoms with Crippen LogP contribution in [0, 0.1) is 0 Å². The van der Waals surface area contributed by atoms with Gasteiger partial charge in [-0.2, -0.15) is 5.10 Å². The van der Waals surface area contributed by atoms with Gasteiger partial charge in [-0.15, -0.1) is 0 Å². The molecule has 0 aliphatic carbocycles. The van der Waals surface area contributed by atoms with Crippen molar-refractivity contribution >= 4 is 29.9 Å². The number of carbonyl (C=O) groups excluding carboxylic acids is 2. The highest BCUT2D eigenvalue weighted by Crippen LogP contribution is 2.28. The quantitative estimate of drug-likeness (QED) is 0.297. The van der Waals surface area contributed by atoms with E-state index in [-0.39, 0.29) is 37.2 Å². The van der Waals surface area contributed by atoms with Crippen molar-refractivity contribution in [3.05, 3.63) is 65.3 Å². The molecule has 0 bridgehead atoms. The van der Waals surface area contributed by atoms with Gasteiger partial charge in [-0.05, 0) is 55.9 Å². The van der Waals surface area contributed by atoms with Crippen molar-refractivity contribution in [3.63, 3.8) is 0 Å². The first-order valence-corrected chi connectivity index (χ1v) is 11.8. The van der Waals surface area contributed by atoms with Crippen LogP contribution in [-0.2, 0) is 9.59 Å². The van der Waals surface area contributed by atoms with Crippen LogP contribution >= 0.6 is 11.6 Å². The van der Waals surface area contributed by atoms with E-state index in [1.807, 2.05) is 36.4 Å². The van der Waals surface area contributed by atoms with Crippen molar-refractivity contribution in [1.82, 2.24) is 25.3 Å². The fourth-order valence-corrected chi connectivity index (χ4v) is 3.76. The fourth-order valence-electron chi connectivity index (χ4n) is 3.58. The van der Waals surface area contributed by atoms with Crippen LogP contribution < -0.4 is 15.4 Å². The normalized spacial score (nSPS) is 12.5. The molecule has 0 unspecified atom stereocenters. The number of nitrogens with one attached hydrogen (secondary N) is 2. The van der Waals surface area contributed by atoms with E-state index in [0.29, 0.717) is 11.6 Å². The number of benzene rings is 2. The molecule has 1 saturated heterocycles. The summed E-state index contributed by atoms with van der Waals surface area (Å²) in [4.78, 5) is 34.3. The molecule has 36 heavy (non-hydrogen) atoms. The molecule has 2 amide bonds. The van der Waals surface area contributed by atoms with Crippen LogP contribution in [0.3, 0.4) is 0 Å². The third-order valence-corrected chi connectivity index (χ3v) is 5.45. The first-order valence-electron chi connectivity index (χ1n) is 11.4. The monoisotopic (exact) mass is 513 g/mol. The highest BCUT2D eigenvalue weighted by atomic mass is 35.5. The van der Waals surface area contributed by atoms with E-state index in [2.05, 4.69) is 22.7 Å². The molecule has 10 nitrogen and oxygen atoms in total. The van der Waals surface area contributed by atoms with Gasteiger partial charge in [0, 0.05) is 10.6 Å². The molecule has 0 saturated carbocycles. The Hall–Kier alpha value is -3.89. The molecule has 1 aromatic heterocycles. The number of amides is 2. The van der Waals surface area contributed by atoms with Crippen molar-refractivity contribution in [1.29, 1.82) is 0 Å². The number of hydrogen-bond donors (Lipinski definition) is 3. The van der Waals surface area contributed by atoms with Gasteiger partial charge < -0.3 is 25.4 Å². The molecule has 2 heterocycles. The second-order valence-electron chi connectivity index (χ2n) is 7.76. The summed E-state index contributed by atoms with van der Waals surface area (Å²) in [7, 11) is 0. The van der Waals surface area contributed by atoms with Gasteiger partial charge in [0.1, 0.15) is 12.3 Å². The van der Waals surface area contributed by atoms with Crippen molar-refractivity contribution in [2.45, 2.75) is 13.3 Å². The second-order valence-corrected chi connectivity index (χ2v) is 8.19. The van der Waals surface area contributed by atoms with Gasteiger partial charge in [0.2, 0.25) is 5.91 Å². The molecule has 3 N–H and O–H groups in total. The molecule has 11 heteroatoms. The SMILES string of the molecule is CCNCCCOc1cccc(-c2cc(C(=O)N3CNC(=O)C3)nn2-c2cccc(Cl)c2)c1.O=CO. The zero-order valence-electron chi connectivity index (χ0n) is 19.8. The molecule has 4 rings (SSSR count). The number of carboxylic acid groups (broad SMARTS) is 1. The number of ether oxygens (including phenoxy) is 1. The van der Waals surface area contributed by atoms with E-state index in [1.165, 1.54) is 4.90 Å². The van der Waals surface area contributed by atoms with Crippen LogP contribution in [0.4, 0.5) is 0 Å². The van der Waals surface area contributed by atoms with Gasteiger partial charge in [-0.1, -0.05) is 36.7 Å². The molecule has 190 valence electrons. The van der Waals surface area contributed by atoms with E-state index in [4.69, 9.17) is 26.2 Å². The summed E-state index contributed by atoms with van der Waals surface area (Å²) in [6, 6.07) is 16.7. The lowest BCUT2D eigenvalue weighted by molar-refractivity contribution is -0.123. The maximum absolute atomic E-state index is 13.0. The Morgan fingerprint density at radius 3 is 2.72 bits per heavy atom. The number of carbonyl (C=O) groups is 3. The van der Waals surface area contributed by atoms with Crippen molar-refractivity contribution in [2.24, 2.45) is 0 Å². The Balaban J connectivity index is 0.00000115. The summed E-state index contributed by atoms with van der Waals surface area (Å²) >= 11 is 6.21. The van der Waals surface area contributed by atoms with Gasteiger partial charge in [0.05, 0.1) is 24.7 Å². The highest BCUT2D eigenvalue weighted by molar-refractivity contribution is 6.30. The predicted octanol–water partition coefficient (Wildman–Crippen LogP) is 2.80. The van der Waals surface area contributed by atoms with Gasteiger partial charge in [-0.25, -0.2) is 4.68 Å². The van der Waals surface area contributed by atoms with Gasteiger partial charge in [-0.3, -0.25) is 14.4 Å². The molecule has 3 aromatic rings. The maximum atomic E-state index is 13.0. The minimum Gasteiger partial charge on any atom is -0.494 e. The van der Waals surface area contributed by atoms with E-state index >= 15 is 0 Å². The van der Waals surface area contributed by atoms with Gasteiger partial charge in [0.15, 0.2) is 5.69 Å². The Morgan fingerprint density at radius 2 is 2.03 bits per heavy atom. The molecule has 1 aliphatic heterocycles. The molecule has 2 aromatic carbocycles. The van der Waals surface area contributed by atoms with Crippen LogP contribution in [0.1, 0.15) is 23.8 Å². The lowest BCUT2D eigenvalue weighted by atomic mass is 10.1. The van der Waals surface area contributed by atoms with Crippen molar-refractivity contribution in [3.8, 4) is 22.7 Å². The Labute approximate surface area is 213 Å². The average molecular weight is 514 g/mol. The van der Waals surface area contributed by atoms with Crippen molar-refractivity contribution in [2.75, 3.05) is 32.9 Å². The highest BCUT2D eigenvalue weighted by Gasteiger charge is 2.27. The molecule has 1 aliphatic rings. The van der Waals surface area contributed by atoms with Gasteiger partial charge in [0.25, 0.3) is 12.4 Å². The maximum Gasteiger partial charge on any atom is 0.290 e. The summed E-state index contributed by atoms with van der Waals surface area (Å²) in [5.41, 5.74) is 2.54. The van der Waals surface area contributed by atoms with Crippen LogP contribution in [0.25, 0.3) is 16.9 Å². The van der Waals surface area contributed by atoms with Crippen LogP contribution in [-0.4, -0.2) is 71.0 Å². The smallest absolute Gasteiger partial charge is 0.290 e. The first-order chi connectivity index (χ1) is 17.5. The van der Waals surface area contributed by atoms with E-state index in [0.717, 1.165) is 42.2 Å². The fraction of sp³-hybridized carbons (Fsp3) is 0.280. The molecule has 0 spiro atoms. The molecule has 0 radical (unpaired) electrons. The van der Waals surface area contributed by atoms with Crippen molar-refractivity contribution < 1.29 is 24.2 Å². The summed E-state index contributed by atoms with van der Waals surface area (Å²) in [6.07, 6.45) is 0.903. The Kier molecular flexibility index (Phi) is 9.84. The lowest BCUT2D eigenvalue weighted by Crippen LogP contribution is -2.30. The minimum atomic E-state index is -0.314. The lowest BCUT2D eigenvalue weighted by Gasteiger charge is -2.11. The number of nitrogens with zero attached hydrogens (tertiary/aromatic N) is 3. The molecule has 0 atom stereocenters.